The van der Waals surface area contributed by atoms with Crippen LogP contribution in [0.1, 0.15) is 49.3 Å². The fourth-order valence-electron chi connectivity index (χ4n) is 5.59. The van der Waals surface area contributed by atoms with Crippen molar-refractivity contribution in [2.45, 2.75) is 57.7 Å². The van der Waals surface area contributed by atoms with Crippen LogP contribution in [-0.2, 0) is 27.8 Å². The number of sulfonamides is 1. The van der Waals surface area contributed by atoms with Crippen LogP contribution in [0.15, 0.2) is 42.5 Å². The molecule has 39 heavy (non-hydrogen) atoms. The van der Waals surface area contributed by atoms with Crippen LogP contribution in [0.5, 0.6) is 5.75 Å². The highest BCUT2D eigenvalue weighted by Crippen LogP contribution is 2.39. The second-order valence-corrected chi connectivity index (χ2v) is 12.8. The number of anilines is 1. The highest BCUT2D eigenvalue weighted by atomic mass is 32.2. The molecule has 2 aromatic carbocycles. The summed E-state index contributed by atoms with van der Waals surface area (Å²) >= 11 is 0. The molecule has 2 aliphatic heterocycles. The van der Waals surface area contributed by atoms with Crippen molar-refractivity contribution in [3.63, 3.8) is 0 Å². The summed E-state index contributed by atoms with van der Waals surface area (Å²) in [5.41, 5.74) is 3.91. The van der Waals surface area contributed by atoms with E-state index in [-0.39, 0.29) is 25.0 Å². The summed E-state index contributed by atoms with van der Waals surface area (Å²) in [5, 5.41) is 13.3. The third-order valence-electron chi connectivity index (χ3n) is 7.53. The van der Waals surface area contributed by atoms with E-state index in [1.807, 2.05) is 6.07 Å². The van der Waals surface area contributed by atoms with Crippen molar-refractivity contribution in [2.75, 3.05) is 50.3 Å². The molecule has 2 atom stereocenters. The van der Waals surface area contributed by atoms with Crippen molar-refractivity contribution in [3.05, 3.63) is 59.2 Å². The van der Waals surface area contributed by atoms with Gasteiger partial charge in [-0.05, 0) is 62.9 Å². The molecule has 2 heterocycles. The predicted octanol–water partition coefficient (Wildman–Crippen LogP) is 2.56. The number of likely N-dealkylation sites (tertiary alicyclic amines) is 1. The molecule has 4 rings (SSSR count). The third kappa shape index (κ3) is 8.41. The number of fused-ring (bicyclic) bond motifs is 1. The molecule has 2 unspecified atom stereocenters. The minimum absolute atomic E-state index is 0.0705. The van der Waals surface area contributed by atoms with Crippen molar-refractivity contribution < 1.29 is 23.1 Å². The Hall–Kier alpha value is -2.66. The molecule has 1 fully saturated rings. The van der Waals surface area contributed by atoms with E-state index in [1.165, 1.54) is 11.1 Å². The Labute approximate surface area is 232 Å². The minimum Gasteiger partial charge on any atom is -0.483 e. The van der Waals surface area contributed by atoms with Gasteiger partial charge in [0.25, 0.3) is 5.91 Å². The lowest BCUT2D eigenvalue weighted by atomic mass is 9.88. The van der Waals surface area contributed by atoms with Crippen LogP contribution >= 0.6 is 0 Å². The summed E-state index contributed by atoms with van der Waals surface area (Å²) in [6.45, 7) is 8.16. The Balaban J connectivity index is 1.35. The van der Waals surface area contributed by atoms with Crippen LogP contribution in [0.3, 0.4) is 0 Å². The summed E-state index contributed by atoms with van der Waals surface area (Å²) in [7, 11) is -3.49. The standard InChI is InChI=1S/C29H42N4O5S/c1-21(2)33-14-7-10-24(18-33)29-26(31-39(3,36)37)11-6-12-27(29)38-20-28(35)30-16-25(34)19-32-15-13-22-8-4-5-9-23(22)17-32/h4-6,8-9,11-12,21,24-25,31,34H,7,10,13-20H2,1-3H3,(H,30,35). The fraction of sp³-hybridized carbons (Fsp3) is 0.552. The molecule has 0 saturated carbocycles. The number of hydrogen-bond acceptors (Lipinski definition) is 7. The average Bonchev–Trinajstić information content (AvgIpc) is 2.90. The van der Waals surface area contributed by atoms with Crippen molar-refractivity contribution in [1.82, 2.24) is 15.1 Å². The van der Waals surface area contributed by atoms with Gasteiger partial charge in [0.05, 0.1) is 18.0 Å². The number of hydrogen-bond donors (Lipinski definition) is 3. The van der Waals surface area contributed by atoms with Gasteiger partial charge >= 0.3 is 0 Å². The number of piperidine rings is 1. The summed E-state index contributed by atoms with van der Waals surface area (Å²) in [6.07, 6.45) is 3.29. The first-order valence-electron chi connectivity index (χ1n) is 13.8. The molecule has 0 spiro atoms. The van der Waals surface area contributed by atoms with Gasteiger partial charge in [0.15, 0.2) is 6.61 Å². The summed E-state index contributed by atoms with van der Waals surface area (Å²) in [4.78, 5) is 17.2. The Kier molecular flexibility index (Phi) is 9.87. The van der Waals surface area contributed by atoms with Gasteiger partial charge in [0, 0.05) is 50.2 Å². The van der Waals surface area contributed by atoms with Crippen LogP contribution in [0.2, 0.25) is 0 Å². The first-order chi connectivity index (χ1) is 18.6. The summed E-state index contributed by atoms with van der Waals surface area (Å²) < 4.78 is 32.8. The van der Waals surface area contributed by atoms with E-state index >= 15 is 0 Å². The van der Waals surface area contributed by atoms with Gasteiger partial charge in [-0.15, -0.1) is 0 Å². The van der Waals surface area contributed by atoms with Crippen LogP contribution in [0.4, 0.5) is 5.69 Å². The number of rotatable bonds is 11. The molecule has 10 heteroatoms. The van der Waals surface area contributed by atoms with Gasteiger partial charge in [-0.2, -0.15) is 0 Å². The van der Waals surface area contributed by atoms with Gasteiger partial charge in [-0.1, -0.05) is 30.3 Å². The van der Waals surface area contributed by atoms with E-state index in [1.54, 1.807) is 18.2 Å². The smallest absolute Gasteiger partial charge is 0.258 e. The molecule has 214 valence electrons. The molecule has 1 amide bonds. The molecule has 9 nitrogen and oxygen atoms in total. The van der Waals surface area contributed by atoms with Crippen molar-refractivity contribution in [2.24, 2.45) is 0 Å². The Morgan fingerprint density at radius 1 is 1.13 bits per heavy atom. The predicted molar refractivity (Wildman–Crippen MR) is 154 cm³/mol. The van der Waals surface area contributed by atoms with Crippen LogP contribution < -0.4 is 14.8 Å². The Morgan fingerprint density at radius 2 is 1.90 bits per heavy atom. The average molecular weight is 559 g/mol. The zero-order valence-electron chi connectivity index (χ0n) is 23.2. The monoisotopic (exact) mass is 558 g/mol. The first kappa shape index (κ1) is 29.3. The van der Waals surface area contributed by atoms with Crippen molar-refractivity contribution in [1.29, 1.82) is 0 Å². The summed E-state index contributed by atoms with van der Waals surface area (Å²) in [6, 6.07) is 14.0. The maximum absolute atomic E-state index is 12.6. The molecule has 0 aliphatic carbocycles. The largest absolute Gasteiger partial charge is 0.483 e. The number of β-amino-alcohol motifs (C(OH)–C–C–N with tert-alkyl or cyclic N) is 1. The van der Waals surface area contributed by atoms with Gasteiger partial charge in [0.1, 0.15) is 5.75 Å². The number of carbonyl (C=O) groups is 1. The number of benzene rings is 2. The van der Waals surface area contributed by atoms with Crippen LogP contribution in [-0.4, -0.2) is 87.0 Å². The maximum Gasteiger partial charge on any atom is 0.258 e. The lowest BCUT2D eigenvalue weighted by Crippen LogP contribution is -2.43. The SMILES string of the molecule is CC(C)N1CCCC(c2c(NS(C)(=O)=O)cccc2OCC(=O)NCC(O)CN2CCc3ccccc3C2)C1. The number of aliphatic hydroxyl groups excluding tert-OH is 1. The van der Waals surface area contributed by atoms with Crippen LogP contribution in [0.25, 0.3) is 0 Å². The minimum atomic E-state index is -3.49. The van der Waals surface area contributed by atoms with Crippen molar-refractivity contribution >= 4 is 21.6 Å². The zero-order valence-corrected chi connectivity index (χ0v) is 24.0. The molecular formula is C29H42N4O5S. The summed E-state index contributed by atoms with van der Waals surface area (Å²) in [5.74, 6) is 0.237. The first-order valence-corrected chi connectivity index (χ1v) is 15.7. The van der Waals surface area contributed by atoms with E-state index in [4.69, 9.17) is 4.74 Å². The normalized spacial score (nSPS) is 19.4. The maximum atomic E-state index is 12.6. The number of aliphatic hydroxyl groups is 1. The van der Waals surface area contributed by atoms with Crippen LogP contribution in [0, 0.1) is 0 Å². The lowest BCUT2D eigenvalue weighted by molar-refractivity contribution is -0.123. The van der Waals surface area contributed by atoms with E-state index < -0.39 is 16.1 Å². The molecule has 1 saturated heterocycles. The molecular weight excluding hydrogens is 516 g/mol. The van der Waals surface area contributed by atoms with Gasteiger partial charge in [-0.25, -0.2) is 8.42 Å². The molecule has 0 bridgehead atoms. The second kappa shape index (κ2) is 13.1. The van der Waals surface area contributed by atoms with E-state index in [9.17, 15) is 18.3 Å². The quantitative estimate of drug-likeness (QED) is 0.389. The molecule has 2 aromatic rings. The Morgan fingerprint density at radius 3 is 2.64 bits per heavy atom. The highest BCUT2D eigenvalue weighted by molar-refractivity contribution is 7.92. The topological polar surface area (TPSA) is 111 Å². The number of carbonyl (C=O) groups excluding carboxylic acids is 1. The molecule has 3 N–H and O–H groups in total. The highest BCUT2D eigenvalue weighted by Gasteiger charge is 2.28. The number of amides is 1. The Bertz CT molecular complexity index is 1240. The number of ether oxygens (including phenoxy) is 1. The molecule has 2 aliphatic rings. The lowest BCUT2D eigenvalue weighted by Gasteiger charge is -2.36. The zero-order chi connectivity index (χ0) is 28.0. The third-order valence-corrected chi connectivity index (χ3v) is 8.12. The molecule has 0 radical (unpaired) electrons. The van der Waals surface area contributed by atoms with Gasteiger partial charge in [-0.3, -0.25) is 14.4 Å². The van der Waals surface area contributed by atoms with E-state index in [0.717, 1.165) is 57.3 Å². The number of nitrogens with one attached hydrogen (secondary N) is 2. The van der Waals surface area contributed by atoms with Gasteiger partial charge in [0.2, 0.25) is 10.0 Å². The second-order valence-electron chi connectivity index (χ2n) is 11.0. The van der Waals surface area contributed by atoms with E-state index in [2.05, 4.69) is 51.9 Å². The van der Waals surface area contributed by atoms with E-state index in [0.29, 0.717) is 24.0 Å². The fourth-order valence-corrected chi connectivity index (χ4v) is 6.17. The van der Waals surface area contributed by atoms with Crippen molar-refractivity contribution in [3.8, 4) is 5.75 Å². The molecule has 0 aromatic heterocycles. The van der Waals surface area contributed by atoms with Gasteiger partial charge < -0.3 is 20.1 Å². The number of nitrogens with zero attached hydrogens (tertiary/aromatic N) is 2.